The average Bonchev–Trinajstić information content (AvgIpc) is 3.15. The smallest absolute Gasteiger partial charge is 0.269 e. The van der Waals surface area contributed by atoms with Gasteiger partial charge in [-0.3, -0.25) is 0 Å². The molecule has 6 nitrogen and oxygen atoms in total. The van der Waals surface area contributed by atoms with Crippen LogP contribution < -0.4 is 4.74 Å². The second-order valence-electron chi connectivity index (χ2n) is 7.37. The maximum absolute atomic E-state index is 13.8. The molecule has 0 spiro atoms. The zero-order chi connectivity index (χ0) is 21.4. The molecule has 2 aromatic heterocycles. The van der Waals surface area contributed by atoms with Crippen LogP contribution in [0.25, 0.3) is 11.0 Å². The minimum Gasteiger partial charge on any atom is -0.462 e. The Kier molecular flexibility index (Phi) is 5.00. The molecule has 4 aromatic rings. The molecule has 0 unspecified atom stereocenters. The maximum atomic E-state index is 13.8. The lowest BCUT2D eigenvalue weighted by molar-refractivity contribution is -0.0889. The summed E-state index contributed by atoms with van der Waals surface area (Å²) in [5.74, 6) is 0.287. The zero-order valence-corrected chi connectivity index (χ0v) is 17.8. The molecule has 1 aliphatic rings. The van der Waals surface area contributed by atoms with Crippen molar-refractivity contribution in [2.45, 2.75) is 30.4 Å². The van der Waals surface area contributed by atoms with Crippen molar-refractivity contribution >= 4 is 21.1 Å². The van der Waals surface area contributed by atoms with E-state index in [9.17, 15) is 8.42 Å². The van der Waals surface area contributed by atoms with E-state index in [0.717, 1.165) is 5.56 Å². The number of rotatable bonds is 5. The molecule has 0 radical (unpaired) electrons. The molecule has 0 amide bonds. The first-order valence-electron chi connectivity index (χ1n) is 10.2. The van der Waals surface area contributed by atoms with Gasteiger partial charge < -0.3 is 9.47 Å². The highest BCUT2D eigenvalue weighted by Crippen LogP contribution is 2.47. The average molecular weight is 435 g/mol. The molecule has 31 heavy (non-hydrogen) atoms. The van der Waals surface area contributed by atoms with Crippen LogP contribution in [-0.4, -0.2) is 30.3 Å². The summed E-state index contributed by atoms with van der Waals surface area (Å²) in [5, 5.41) is 0.655. The summed E-state index contributed by atoms with van der Waals surface area (Å²) in [7, 11) is -3.90. The highest BCUT2D eigenvalue weighted by atomic mass is 32.2. The molecule has 7 heteroatoms. The summed E-state index contributed by atoms with van der Waals surface area (Å²) >= 11 is 0. The Morgan fingerprint density at radius 2 is 1.74 bits per heavy atom. The van der Waals surface area contributed by atoms with Gasteiger partial charge in [0.15, 0.2) is 11.4 Å². The lowest BCUT2D eigenvalue weighted by atomic mass is 9.90. The van der Waals surface area contributed by atoms with Crippen LogP contribution in [0.1, 0.15) is 30.5 Å². The second kappa shape index (κ2) is 7.83. The summed E-state index contributed by atoms with van der Waals surface area (Å²) in [6.07, 6.45) is 1.63. The van der Waals surface area contributed by atoms with E-state index in [1.165, 1.54) is 3.97 Å². The first-order valence-corrected chi connectivity index (χ1v) is 11.7. The zero-order valence-electron chi connectivity index (χ0n) is 17.0. The molecule has 158 valence electrons. The van der Waals surface area contributed by atoms with Crippen molar-refractivity contribution < 1.29 is 17.9 Å². The van der Waals surface area contributed by atoms with Gasteiger partial charge in [-0.1, -0.05) is 48.5 Å². The Labute approximate surface area is 181 Å². The van der Waals surface area contributed by atoms with Crippen LogP contribution in [-0.2, 0) is 14.8 Å². The fraction of sp³-hybridized carbons (Fsp3) is 0.208. The fourth-order valence-electron chi connectivity index (χ4n) is 4.20. The standard InChI is InChI=1S/C24H22N2O4S/c1-2-29-21-16-20(17-10-5-3-6-11-17)22-23(30-21)19-14-9-15-25-24(19)26(22)31(27,28)18-12-7-4-8-13-18/h3-15,20-21H,2,16H2,1H3/t20-,21-/m0/s1. The lowest BCUT2D eigenvalue weighted by Gasteiger charge is -2.31. The van der Waals surface area contributed by atoms with Crippen LogP contribution >= 0.6 is 0 Å². The summed E-state index contributed by atoms with van der Waals surface area (Å²) in [6, 6.07) is 21.9. The largest absolute Gasteiger partial charge is 0.462 e. The summed E-state index contributed by atoms with van der Waals surface area (Å²) in [4.78, 5) is 4.65. The topological polar surface area (TPSA) is 70.4 Å². The van der Waals surface area contributed by atoms with Gasteiger partial charge in [-0.05, 0) is 36.8 Å². The van der Waals surface area contributed by atoms with Crippen molar-refractivity contribution in [3.63, 3.8) is 0 Å². The molecule has 2 aromatic carbocycles. The number of fused-ring (bicyclic) bond motifs is 3. The molecule has 0 saturated carbocycles. The van der Waals surface area contributed by atoms with Gasteiger partial charge in [0.2, 0.25) is 6.29 Å². The van der Waals surface area contributed by atoms with Gasteiger partial charge in [0.05, 0.1) is 16.0 Å². The third-order valence-electron chi connectivity index (χ3n) is 5.52. The van der Waals surface area contributed by atoms with Crippen molar-refractivity contribution in [3.05, 3.63) is 90.3 Å². The Hall–Kier alpha value is -3.16. The molecular weight excluding hydrogens is 412 g/mol. The molecule has 1 aliphatic heterocycles. The molecule has 0 N–H and O–H groups in total. The van der Waals surface area contributed by atoms with Gasteiger partial charge in [0.1, 0.15) is 0 Å². The maximum Gasteiger partial charge on any atom is 0.269 e. The van der Waals surface area contributed by atoms with Crippen molar-refractivity contribution in [1.29, 1.82) is 0 Å². The van der Waals surface area contributed by atoms with E-state index in [-0.39, 0.29) is 10.8 Å². The molecule has 5 rings (SSSR count). The van der Waals surface area contributed by atoms with Crippen LogP contribution in [0.15, 0.2) is 83.9 Å². The Bertz CT molecular complexity index is 1320. The quantitative estimate of drug-likeness (QED) is 0.461. The highest BCUT2D eigenvalue weighted by Gasteiger charge is 2.39. The number of nitrogens with zero attached hydrogens (tertiary/aromatic N) is 2. The van der Waals surface area contributed by atoms with Crippen LogP contribution in [0.2, 0.25) is 0 Å². The van der Waals surface area contributed by atoms with E-state index < -0.39 is 16.3 Å². The Balaban J connectivity index is 1.83. The molecular formula is C24H22N2O4S. The summed E-state index contributed by atoms with van der Waals surface area (Å²) in [5.41, 5.74) is 1.94. The van der Waals surface area contributed by atoms with Crippen LogP contribution in [0.3, 0.4) is 0 Å². The van der Waals surface area contributed by atoms with E-state index in [2.05, 4.69) is 4.98 Å². The van der Waals surface area contributed by atoms with Crippen LogP contribution in [0.4, 0.5) is 0 Å². The van der Waals surface area contributed by atoms with Gasteiger partial charge in [0, 0.05) is 25.1 Å². The molecule has 2 atom stereocenters. The molecule has 3 heterocycles. The van der Waals surface area contributed by atoms with Gasteiger partial charge in [0.25, 0.3) is 10.0 Å². The van der Waals surface area contributed by atoms with E-state index in [1.54, 1.807) is 42.6 Å². The fourth-order valence-corrected chi connectivity index (χ4v) is 5.75. The van der Waals surface area contributed by atoms with Gasteiger partial charge in [-0.15, -0.1) is 0 Å². The number of aromatic nitrogens is 2. The van der Waals surface area contributed by atoms with E-state index in [4.69, 9.17) is 9.47 Å². The van der Waals surface area contributed by atoms with Crippen LogP contribution in [0.5, 0.6) is 5.75 Å². The summed E-state index contributed by atoms with van der Waals surface area (Å²) < 4.78 is 41.0. The van der Waals surface area contributed by atoms with Crippen molar-refractivity contribution in [2.24, 2.45) is 0 Å². The predicted octanol–water partition coefficient (Wildman–Crippen LogP) is 4.55. The molecule has 0 saturated heterocycles. The number of hydrogen-bond acceptors (Lipinski definition) is 5. The molecule has 0 fully saturated rings. The number of benzene rings is 2. The molecule has 0 bridgehead atoms. The van der Waals surface area contributed by atoms with E-state index in [1.807, 2.05) is 43.3 Å². The lowest BCUT2D eigenvalue weighted by Crippen LogP contribution is -2.31. The first-order chi connectivity index (χ1) is 15.1. The molecule has 0 aliphatic carbocycles. The van der Waals surface area contributed by atoms with E-state index in [0.29, 0.717) is 35.5 Å². The van der Waals surface area contributed by atoms with Gasteiger partial charge in [-0.25, -0.2) is 17.4 Å². The minimum atomic E-state index is -3.90. The first kappa shape index (κ1) is 19.8. The van der Waals surface area contributed by atoms with Gasteiger partial charge >= 0.3 is 0 Å². The Morgan fingerprint density at radius 1 is 1.03 bits per heavy atom. The number of pyridine rings is 1. The van der Waals surface area contributed by atoms with Gasteiger partial charge in [-0.2, -0.15) is 0 Å². The third kappa shape index (κ3) is 3.30. The normalized spacial score (nSPS) is 18.5. The minimum absolute atomic E-state index is 0.207. The monoisotopic (exact) mass is 434 g/mol. The van der Waals surface area contributed by atoms with E-state index >= 15 is 0 Å². The predicted molar refractivity (Wildman–Crippen MR) is 118 cm³/mol. The van der Waals surface area contributed by atoms with Crippen molar-refractivity contribution in [3.8, 4) is 5.75 Å². The summed E-state index contributed by atoms with van der Waals surface area (Å²) in [6.45, 7) is 2.42. The SMILES string of the molecule is CCO[C@@H]1C[C@@H](c2ccccc2)c2c(c3cccnc3n2S(=O)(=O)c2ccccc2)O1. The third-order valence-corrected chi connectivity index (χ3v) is 7.24. The number of ether oxygens (including phenoxy) is 2. The second-order valence-corrected chi connectivity index (χ2v) is 9.16. The number of hydrogen-bond donors (Lipinski definition) is 0. The van der Waals surface area contributed by atoms with Crippen molar-refractivity contribution in [1.82, 2.24) is 8.96 Å². The van der Waals surface area contributed by atoms with Crippen LogP contribution in [0, 0.1) is 0 Å². The van der Waals surface area contributed by atoms with Crippen molar-refractivity contribution in [2.75, 3.05) is 6.61 Å². The Morgan fingerprint density at radius 3 is 2.45 bits per heavy atom. The highest BCUT2D eigenvalue weighted by molar-refractivity contribution is 7.90.